The number of hydrogen-bond donors (Lipinski definition) is 1. The third-order valence-electron chi connectivity index (χ3n) is 3.67. The lowest BCUT2D eigenvalue weighted by Crippen LogP contribution is -2.44. The van der Waals surface area contributed by atoms with Gasteiger partial charge in [-0.05, 0) is 48.6 Å². The highest BCUT2D eigenvalue weighted by molar-refractivity contribution is 8.26. The third-order valence-corrected chi connectivity index (χ3v) is 5.64. The topological polar surface area (TPSA) is 66.8 Å². The second kappa shape index (κ2) is 9.99. The van der Waals surface area contributed by atoms with Crippen molar-refractivity contribution < 1.29 is 19.4 Å². The Hall–Kier alpha value is -1.51. The molecule has 1 fully saturated rings. The minimum atomic E-state index is -1.03. The molecule has 1 atom stereocenters. The van der Waals surface area contributed by atoms with Crippen molar-refractivity contribution in [3.8, 4) is 5.75 Å². The molecular formula is C18H21NO4S3. The maximum absolute atomic E-state index is 12.7. The lowest BCUT2D eigenvalue weighted by Gasteiger charge is -2.22. The van der Waals surface area contributed by atoms with Gasteiger partial charge in [0.15, 0.2) is 0 Å². The summed E-state index contributed by atoms with van der Waals surface area (Å²) in [5, 5.41) is 9.47. The Kier molecular flexibility index (Phi) is 7.99. The van der Waals surface area contributed by atoms with E-state index in [1.54, 1.807) is 17.8 Å². The number of hydrogen-bond acceptors (Lipinski definition) is 6. The first kappa shape index (κ1) is 20.8. The summed E-state index contributed by atoms with van der Waals surface area (Å²) in [6, 6.07) is 6.49. The number of carboxylic acid groups (broad SMARTS) is 1. The number of rotatable bonds is 9. The van der Waals surface area contributed by atoms with Gasteiger partial charge in [0.1, 0.15) is 16.1 Å². The van der Waals surface area contributed by atoms with Crippen LogP contribution in [-0.4, -0.2) is 50.9 Å². The van der Waals surface area contributed by atoms with Gasteiger partial charge in [-0.25, -0.2) is 4.79 Å². The highest BCUT2D eigenvalue weighted by Crippen LogP contribution is 2.35. The number of benzene rings is 1. The molecule has 0 unspecified atom stereocenters. The molecule has 5 nitrogen and oxygen atoms in total. The quantitative estimate of drug-likeness (QED) is 0.488. The zero-order valence-electron chi connectivity index (χ0n) is 14.6. The first-order valence-corrected chi connectivity index (χ1v) is 10.8. The van der Waals surface area contributed by atoms with Crippen LogP contribution in [0.15, 0.2) is 29.2 Å². The standard InChI is InChI=1S/C18H21NO4S3/c1-3-9-23-13-6-4-12(5-7-13)11-15-16(20)19(18(24)26-15)14(17(21)22)8-10-25-2/h4-7,11,14H,3,8-10H2,1-2H3,(H,21,22)/b15-11+/t14-/m0/s1. The zero-order valence-corrected chi connectivity index (χ0v) is 17.1. The largest absolute Gasteiger partial charge is 0.494 e. The minimum Gasteiger partial charge on any atom is -0.494 e. The summed E-state index contributed by atoms with van der Waals surface area (Å²) in [5.41, 5.74) is 0.838. The van der Waals surface area contributed by atoms with Crippen molar-refractivity contribution in [3.63, 3.8) is 0 Å². The highest BCUT2D eigenvalue weighted by Gasteiger charge is 2.40. The maximum atomic E-state index is 12.7. The van der Waals surface area contributed by atoms with E-state index in [9.17, 15) is 14.7 Å². The Morgan fingerprint density at radius 2 is 2.12 bits per heavy atom. The van der Waals surface area contributed by atoms with Crippen molar-refractivity contribution in [2.45, 2.75) is 25.8 Å². The van der Waals surface area contributed by atoms with Crippen molar-refractivity contribution in [2.24, 2.45) is 0 Å². The smallest absolute Gasteiger partial charge is 0.326 e. The van der Waals surface area contributed by atoms with Crippen LogP contribution in [0.4, 0.5) is 0 Å². The Morgan fingerprint density at radius 3 is 2.69 bits per heavy atom. The first-order chi connectivity index (χ1) is 12.5. The summed E-state index contributed by atoms with van der Waals surface area (Å²) in [7, 11) is 0. The predicted molar refractivity (Wildman–Crippen MR) is 112 cm³/mol. The number of thiocarbonyl (C=S) groups is 1. The van der Waals surface area contributed by atoms with E-state index in [1.807, 2.05) is 37.4 Å². The highest BCUT2D eigenvalue weighted by atomic mass is 32.2. The van der Waals surface area contributed by atoms with E-state index in [0.717, 1.165) is 29.5 Å². The molecule has 1 aliphatic rings. The summed E-state index contributed by atoms with van der Waals surface area (Å²) in [6.07, 6.45) is 4.93. The summed E-state index contributed by atoms with van der Waals surface area (Å²) in [5.74, 6) is 0.0418. The molecule has 2 rings (SSSR count). The molecule has 1 aromatic carbocycles. The summed E-state index contributed by atoms with van der Waals surface area (Å²) in [4.78, 5) is 25.9. The Bertz CT molecular complexity index is 703. The summed E-state index contributed by atoms with van der Waals surface area (Å²) >= 11 is 7.94. The molecule has 140 valence electrons. The van der Waals surface area contributed by atoms with Gasteiger partial charge >= 0.3 is 5.97 Å². The number of thioether (sulfide) groups is 2. The normalized spacial score (nSPS) is 17.0. The Labute approximate surface area is 167 Å². The average molecular weight is 412 g/mol. The third kappa shape index (κ3) is 5.25. The number of aliphatic carboxylic acids is 1. The Balaban J connectivity index is 2.16. The molecule has 26 heavy (non-hydrogen) atoms. The predicted octanol–water partition coefficient (Wildman–Crippen LogP) is 3.88. The minimum absolute atomic E-state index is 0.289. The lowest BCUT2D eigenvalue weighted by molar-refractivity contribution is -0.145. The Morgan fingerprint density at radius 1 is 1.42 bits per heavy atom. The molecule has 0 saturated carbocycles. The van der Waals surface area contributed by atoms with Crippen LogP contribution < -0.4 is 4.74 Å². The van der Waals surface area contributed by atoms with Crippen molar-refractivity contribution in [3.05, 3.63) is 34.7 Å². The molecule has 1 aromatic rings. The van der Waals surface area contributed by atoms with E-state index in [2.05, 4.69) is 0 Å². The second-order valence-corrected chi connectivity index (χ2v) is 8.27. The van der Waals surface area contributed by atoms with Gasteiger partial charge in [-0.3, -0.25) is 9.69 Å². The van der Waals surface area contributed by atoms with E-state index in [-0.39, 0.29) is 10.2 Å². The van der Waals surface area contributed by atoms with Crippen LogP contribution in [0.25, 0.3) is 6.08 Å². The molecule has 0 radical (unpaired) electrons. The molecule has 0 aromatic heterocycles. The number of nitrogens with zero attached hydrogens (tertiary/aromatic N) is 1. The van der Waals surface area contributed by atoms with Crippen molar-refractivity contribution >= 4 is 58.0 Å². The van der Waals surface area contributed by atoms with Gasteiger partial charge in [-0.15, -0.1) is 0 Å². The molecule has 1 amide bonds. The maximum Gasteiger partial charge on any atom is 0.326 e. The molecule has 8 heteroatoms. The number of ether oxygens (including phenoxy) is 1. The molecule has 0 spiro atoms. The fraction of sp³-hybridized carbons (Fsp3) is 0.389. The van der Waals surface area contributed by atoms with Gasteiger partial charge < -0.3 is 9.84 Å². The van der Waals surface area contributed by atoms with Gasteiger partial charge in [0.05, 0.1) is 11.5 Å². The monoisotopic (exact) mass is 411 g/mol. The molecular weight excluding hydrogens is 390 g/mol. The van der Waals surface area contributed by atoms with Crippen LogP contribution in [0.5, 0.6) is 5.75 Å². The van der Waals surface area contributed by atoms with E-state index >= 15 is 0 Å². The fourth-order valence-electron chi connectivity index (χ4n) is 2.37. The van der Waals surface area contributed by atoms with Crippen LogP contribution >= 0.6 is 35.7 Å². The van der Waals surface area contributed by atoms with Gasteiger partial charge in [-0.1, -0.05) is 43.0 Å². The van der Waals surface area contributed by atoms with Crippen LogP contribution in [-0.2, 0) is 9.59 Å². The van der Waals surface area contributed by atoms with Crippen LogP contribution in [0.3, 0.4) is 0 Å². The molecule has 1 N–H and O–H groups in total. The van der Waals surface area contributed by atoms with Crippen LogP contribution in [0.2, 0.25) is 0 Å². The fourth-order valence-corrected chi connectivity index (χ4v) is 4.19. The van der Waals surface area contributed by atoms with Gasteiger partial charge in [0.2, 0.25) is 0 Å². The van der Waals surface area contributed by atoms with Gasteiger partial charge in [0, 0.05) is 0 Å². The van der Waals surface area contributed by atoms with Crippen LogP contribution in [0.1, 0.15) is 25.3 Å². The van der Waals surface area contributed by atoms with E-state index in [0.29, 0.717) is 23.7 Å². The van der Waals surface area contributed by atoms with Crippen LogP contribution in [0, 0.1) is 0 Å². The summed E-state index contributed by atoms with van der Waals surface area (Å²) < 4.78 is 5.83. The van der Waals surface area contributed by atoms with E-state index in [1.165, 1.54) is 4.90 Å². The number of amides is 1. The number of carbonyl (C=O) groups excluding carboxylic acids is 1. The number of carbonyl (C=O) groups is 2. The first-order valence-electron chi connectivity index (χ1n) is 8.19. The SMILES string of the molecule is CCCOc1ccc(/C=C2/SC(=S)N([C@@H](CCSC)C(=O)O)C2=O)cc1. The molecule has 0 aliphatic carbocycles. The van der Waals surface area contributed by atoms with E-state index < -0.39 is 12.0 Å². The molecule has 1 aliphatic heterocycles. The molecule has 0 bridgehead atoms. The van der Waals surface area contributed by atoms with E-state index in [4.69, 9.17) is 17.0 Å². The zero-order chi connectivity index (χ0) is 19.1. The van der Waals surface area contributed by atoms with Gasteiger partial charge in [-0.2, -0.15) is 11.8 Å². The lowest BCUT2D eigenvalue weighted by atomic mass is 10.1. The summed E-state index contributed by atoms with van der Waals surface area (Å²) in [6.45, 7) is 2.70. The number of carboxylic acids is 1. The average Bonchev–Trinajstić information content (AvgIpc) is 2.89. The van der Waals surface area contributed by atoms with Crippen molar-refractivity contribution in [2.75, 3.05) is 18.6 Å². The van der Waals surface area contributed by atoms with Gasteiger partial charge in [0.25, 0.3) is 5.91 Å². The van der Waals surface area contributed by atoms with Crippen molar-refractivity contribution in [1.29, 1.82) is 0 Å². The second-order valence-electron chi connectivity index (χ2n) is 5.60. The molecule has 1 saturated heterocycles. The van der Waals surface area contributed by atoms with Crippen molar-refractivity contribution in [1.82, 2.24) is 4.90 Å². The molecule has 1 heterocycles.